The van der Waals surface area contributed by atoms with E-state index in [0.717, 1.165) is 48.3 Å². The zero-order valence-corrected chi connectivity index (χ0v) is 26.8. The van der Waals surface area contributed by atoms with Crippen molar-refractivity contribution in [1.29, 1.82) is 0 Å². The molecule has 47 heavy (non-hydrogen) atoms. The molecule has 3 saturated heterocycles. The van der Waals surface area contributed by atoms with Crippen LogP contribution in [0, 0.1) is 0 Å². The summed E-state index contributed by atoms with van der Waals surface area (Å²) < 4.78 is 18.0. The Morgan fingerprint density at radius 3 is 2.34 bits per heavy atom. The highest BCUT2D eigenvalue weighted by molar-refractivity contribution is 5.95. The molecule has 3 aliphatic rings. The van der Waals surface area contributed by atoms with Gasteiger partial charge in [0.2, 0.25) is 5.91 Å². The van der Waals surface area contributed by atoms with Crippen LogP contribution in [0.25, 0.3) is 0 Å². The van der Waals surface area contributed by atoms with Gasteiger partial charge in [-0.05, 0) is 55.2 Å². The number of nitrogens with one attached hydrogen (secondary N) is 2. The lowest BCUT2D eigenvalue weighted by molar-refractivity contribution is -0.253. The first-order chi connectivity index (χ1) is 22.7. The number of aliphatic hydroxyl groups excluding tert-OH is 1. The fourth-order valence-corrected chi connectivity index (χ4v) is 6.73. The number of esters is 1. The van der Waals surface area contributed by atoms with Crippen molar-refractivity contribution in [3.05, 3.63) is 95.6 Å². The van der Waals surface area contributed by atoms with Crippen LogP contribution in [0.5, 0.6) is 0 Å². The van der Waals surface area contributed by atoms with Gasteiger partial charge in [0.05, 0.1) is 25.5 Å². The van der Waals surface area contributed by atoms with Crippen LogP contribution in [-0.2, 0) is 35.2 Å². The smallest absolute Gasteiger partial charge is 0.303 e. The minimum Gasteiger partial charge on any atom is -0.453 e. The summed E-state index contributed by atoms with van der Waals surface area (Å²) in [5, 5.41) is 15.4. The standard InChI is InChI=1S/C36H42N4O7/c1-24(45-25(2)42)33(43)38-29-14-12-28(13-15-29)34-46-31(20-32(47-34)27-10-8-26(22-41)9-11-27)21-39-18-16-36(17-19-39)35(44)37-23-40(36)30-6-4-3-5-7-30/h3-15,24,31-32,34,41H,16-23H2,1-2H3,(H,37,44)(H,38,43)/t24-,31-,32+,34+/m0/s1. The minimum absolute atomic E-state index is 0.0289. The molecule has 3 N–H and O–H groups in total. The van der Waals surface area contributed by atoms with Gasteiger partial charge in [0.25, 0.3) is 5.91 Å². The number of benzene rings is 3. The summed E-state index contributed by atoms with van der Waals surface area (Å²) in [4.78, 5) is 41.4. The van der Waals surface area contributed by atoms with E-state index in [0.29, 0.717) is 25.3 Å². The van der Waals surface area contributed by atoms with E-state index in [2.05, 4.69) is 32.6 Å². The van der Waals surface area contributed by atoms with Crippen LogP contribution < -0.4 is 15.5 Å². The monoisotopic (exact) mass is 642 g/mol. The first-order valence-corrected chi connectivity index (χ1v) is 16.2. The Morgan fingerprint density at radius 2 is 1.68 bits per heavy atom. The maximum Gasteiger partial charge on any atom is 0.303 e. The van der Waals surface area contributed by atoms with E-state index in [1.165, 1.54) is 13.8 Å². The third-order valence-corrected chi connectivity index (χ3v) is 9.33. The van der Waals surface area contributed by atoms with Crippen molar-refractivity contribution in [2.24, 2.45) is 0 Å². The summed E-state index contributed by atoms with van der Waals surface area (Å²) in [6.45, 7) is 5.48. The van der Waals surface area contributed by atoms with E-state index >= 15 is 0 Å². The van der Waals surface area contributed by atoms with Crippen molar-refractivity contribution in [3.63, 3.8) is 0 Å². The molecule has 11 nitrogen and oxygen atoms in total. The van der Waals surface area contributed by atoms with Gasteiger partial charge in [0.15, 0.2) is 12.4 Å². The molecule has 0 unspecified atom stereocenters. The first kappa shape index (κ1) is 32.6. The molecule has 11 heteroatoms. The molecule has 4 atom stereocenters. The van der Waals surface area contributed by atoms with E-state index in [9.17, 15) is 19.5 Å². The number of ether oxygens (including phenoxy) is 3. The molecule has 3 aliphatic heterocycles. The lowest BCUT2D eigenvalue weighted by Crippen LogP contribution is -2.57. The first-order valence-electron chi connectivity index (χ1n) is 16.2. The highest BCUT2D eigenvalue weighted by atomic mass is 16.7. The van der Waals surface area contributed by atoms with Crippen LogP contribution in [0.1, 0.15) is 62.2 Å². The second kappa shape index (κ2) is 14.2. The summed E-state index contributed by atoms with van der Waals surface area (Å²) in [5.74, 6) is -0.850. The van der Waals surface area contributed by atoms with Crippen LogP contribution in [0.4, 0.5) is 11.4 Å². The molecule has 0 aromatic heterocycles. The Kier molecular flexibility index (Phi) is 9.88. The molecule has 0 bridgehead atoms. The summed E-state index contributed by atoms with van der Waals surface area (Å²) in [6.07, 6.45) is 0.148. The Labute approximate surface area is 274 Å². The fourth-order valence-electron chi connectivity index (χ4n) is 6.73. The average molecular weight is 643 g/mol. The number of anilines is 2. The molecular weight excluding hydrogens is 600 g/mol. The number of nitrogens with zero attached hydrogens (tertiary/aromatic N) is 2. The Bertz CT molecular complexity index is 1540. The Morgan fingerprint density at radius 1 is 1.00 bits per heavy atom. The van der Waals surface area contributed by atoms with E-state index in [1.54, 1.807) is 12.1 Å². The highest BCUT2D eigenvalue weighted by Gasteiger charge is 2.50. The predicted molar refractivity (Wildman–Crippen MR) is 175 cm³/mol. The quantitative estimate of drug-likeness (QED) is 0.296. The van der Waals surface area contributed by atoms with Crippen molar-refractivity contribution in [3.8, 4) is 0 Å². The zero-order chi connectivity index (χ0) is 33.0. The number of piperidine rings is 1. The van der Waals surface area contributed by atoms with Crippen LogP contribution in [0.3, 0.4) is 0 Å². The fraction of sp³-hybridized carbons (Fsp3) is 0.417. The summed E-state index contributed by atoms with van der Waals surface area (Å²) >= 11 is 0. The number of hydrogen-bond donors (Lipinski definition) is 3. The van der Waals surface area contributed by atoms with Gasteiger partial charge in [0, 0.05) is 49.9 Å². The van der Waals surface area contributed by atoms with E-state index in [-0.39, 0.29) is 24.7 Å². The van der Waals surface area contributed by atoms with Gasteiger partial charge in [-0.2, -0.15) is 0 Å². The molecule has 0 radical (unpaired) electrons. The van der Waals surface area contributed by atoms with E-state index in [4.69, 9.17) is 14.2 Å². The zero-order valence-electron chi connectivity index (χ0n) is 26.8. The number of carbonyl (C=O) groups excluding carboxylic acids is 3. The van der Waals surface area contributed by atoms with E-state index < -0.39 is 29.8 Å². The third-order valence-electron chi connectivity index (χ3n) is 9.33. The number of rotatable bonds is 9. The molecule has 1 spiro atoms. The van der Waals surface area contributed by atoms with Crippen molar-refractivity contribution in [2.75, 3.05) is 36.5 Å². The molecule has 6 rings (SSSR count). The Hall–Kier alpha value is -4.29. The highest BCUT2D eigenvalue weighted by Crippen LogP contribution is 2.40. The van der Waals surface area contributed by atoms with Crippen LogP contribution in [0.2, 0.25) is 0 Å². The van der Waals surface area contributed by atoms with Gasteiger partial charge >= 0.3 is 5.97 Å². The lowest BCUT2D eigenvalue weighted by atomic mass is 9.85. The van der Waals surface area contributed by atoms with E-state index in [1.807, 2.05) is 54.6 Å². The molecule has 3 aromatic carbocycles. The van der Waals surface area contributed by atoms with Gasteiger partial charge in [-0.1, -0.05) is 54.6 Å². The predicted octanol–water partition coefficient (Wildman–Crippen LogP) is 4.04. The molecule has 3 fully saturated rings. The van der Waals surface area contributed by atoms with Crippen molar-refractivity contribution in [2.45, 2.75) is 69.9 Å². The van der Waals surface area contributed by atoms with Crippen LogP contribution in [-0.4, -0.2) is 71.8 Å². The maximum absolute atomic E-state index is 13.2. The summed E-state index contributed by atoms with van der Waals surface area (Å²) in [5.41, 5.74) is 3.69. The SMILES string of the molecule is CC(=O)O[C@@H](C)C(=O)Nc1ccc([C@@H]2O[C@H](CN3CCC4(CC3)C(=O)NCN4c3ccccc3)C[C@H](c3ccc(CO)cc3)O2)cc1. The van der Waals surface area contributed by atoms with Gasteiger partial charge in [-0.3, -0.25) is 14.4 Å². The van der Waals surface area contributed by atoms with Gasteiger partial charge in [-0.15, -0.1) is 0 Å². The van der Waals surface area contributed by atoms with Crippen LogP contribution >= 0.6 is 0 Å². The number of carbonyl (C=O) groups is 3. The summed E-state index contributed by atoms with van der Waals surface area (Å²) in [7, 11) is 0. The molecular formula is C36H42N4O7. The van der Waals surface area contributed by atoms with Gasteiger partial charge < -0.3 is 39.8 Å². The number of aliphatic hydroxyl groups is 1. The Balaban J connectivity index is 1.14. The molecule has 0 saturated carbocycles. The number of hydrogen-bond acceptors (Lipinski definition) is 9. The topological polar surface area (TPSA) is 130 Å². The van der Waals surface area contributed by atoms with Crippen molar-refractivity contribution in [1.82, 2.24) is 10.2 Å². The lowest BCUT2D eigenvalue weighted by Gasteiger charge is -2.45. The summed E-state index contributed by atoms with van der Waals surface area (Å²) in [6, 6.07) is 25.1. The molecule has 3 aromatic rings. The average Bonchev–Trinajstić information content (AvgIpc) is 3.40. The second-order valence-corrected chi connectivity index (χ2v) is 12.5. The molecule has 0 aliphatic carbocycles. The normalized spacial score (nSPS) is 23.3. The van der Waals surface area contributed by atoms with Crippen molar-refractivity contribution >= 4 is 29.2 Å². The second-order valence-electron chi connectivity index (χ2n) is 12.5. The number of amides is 2. The molecule has 248 valence electrons. The minimum atomic E-state index is -0.912. The largest absolute Gasteiger partial charge is 0.453 e. The maximum atomic E-state index is 13.2. The molecule has 2 amide bonds. The number of para-hydroxylation sites is 1. The van der Waals surface area contributed by atoms with Crippen LogP contribution in [0.15, 0.2) is 78.9 Å². The molecule has 3 heterocycles. The van der Waals surface area contributed by atoms with Crippen molar-refractivity contribution < 1.29 is 33.7 Å². The van der Waals surface area contributed by atoms with Gasteiger partial charge in [0.1, 0.15) is 5.54 Å². The number of likely N-dealkylation sites (tertiary alicyclic amines) is 1. The van der Waals surface area contributed by atoms with Gasteiger partial charge in [-0.25, -0.2) is 0 Å². The third kappa shape index (κ3) is 7.33.